The Labute approximate surface area is 531 Å². The Hall–Kier alpha value is -1.25. The second kappa shape index (κ2) is 65.7. The van der Waals surface area contributed by atoms with E-state index in [0.29, 0.717) is 17.4 Å². The molecule has 85 heavy (non-hydrogen) atoms. The average molecular weight is 1220 g/mol. The van der Waals surface area contributed by atoms with Gasteiger partial charge in [-0.05, 0) is 31.8 Å². The highest BCUT2D eigenvalue weighted by atomic mass is 31.2. The number of esters is 1. The zero-order valence-corrected chi connectivity index (χ0v) is 59.0. The molecule has 0 saturated heterocycles. The fourth-order valence-electron chi connectivity index (χ4n) is 11.9. The van der Waals surface area contributed by atoms with Gasteiger partial charge in [-0.25, -0.2) is 0 Å². The Kier molecular flexibility index (Phi) is 64.7. The van der Waals surface area contributed by atoms with Gasteiger partial charge in [0.05, 0.1) is 33.8 Å². The monoisotopic (exact) mass is 1220 g/mol. The Balaban J connectivity index is 4.99. The highest BCUT2D eigenvalue weighted by Crippen LogP contribution is 2.38. The number of phosphoric acid groups is 1. The van der Waals surface area contributed by atoms with E-state index >= 15 is 0 Å². The number of rotatable bonds is 71. The fourth-order valence-corrected chi connectivity index (χ4v) is 12.6. The zero-order chi connectivity index (χ0) is 62.1. The van der Waals surface area contributed by atoms with Crippen LogP contribution in [0.5, 0.6) is 0 Å². The number of amides is 1. The van der Waals surface area contributed by atoms with Crippen LogP contribution in [-0.2, 0) is 27.9 Å². The lowest BCUT2D eigenvalue weighted by Gasteiger charge is -2.30. The van der Waals surface area contributed by atoms with Crippen LogP contribution in [-0.4, -0.2) is 69.4 Å². The third-order valence-electron chi connectivity index (χ3n) is 17.7. The van der Waals surface area contributed by atoms with E-state index < -0.39 is 20.0 Å². The lowest BCUT2D eigenvalue weighted by atomic mass is 10.0. The second-order valence-corrected chi connectivity index (χ2v) is 28.9. The summed E-state index contributed by atoms with van der Waals surface area (Å²) in [5, 5.41) is 3.06. The summed E-state index contributed by atoms with van der Waals surface area (Å²) in [4.78, 5) is 40.3. The molecule has 0 aromatic rings. The summed E-state index contributed by atoms with van der Waals surface area (Å²) in [7, 11) is 1.22. The Bertz CT molecular complexity index is 1450. The van der Waals surface area contributed by atoms with Gasteiger partial charge in [-0.15, -0.1) is 0 Å². The molecule has 1 N–H and O–H groups in total. The Morgan fingerprint density at radius 2 is 0.671 bits per heavy atom. The number of carbonyl (C=O) groups is 2. The molecule has 0 radical (unpaired) electrons. The van der Waals surface area contributed by atoms with Crippen molar-refractivity contribution < 1.29 is 37.3 Å². The van der Waals surface area contributed by atoms with Crippen LogP contribution in [0.3, 0.4) is 0 Å². The van der Waals surface area contributed by atoms with Gasteiger partial charge in [0.2, 0.25) is 5.91 Å². The predicted octanol–water partition coefficient (Wildman–Crippen LogP) is 23.6. The van der Waals surface area contributed by atoms with Crippen molar-refractivity contribution in [1.82, 2.24) is 5.32 Å². The maximum absolute atomic E-state index is 13.6. The molecule has 1 amide bonds. The molecule has 10 heteroatoms. The molecule has 0 bridgehead atoms. The van der Waals surface area contributed by atoms with Crippen LogP contribution < -0.4 is 10.2 Å². The van der Waals surface area contributed by atoms with Gasteiger partial charge in [-0.2, -0.15) is 0 Å². The van der Waals surface area contributed by atoms with Gasteiger partial charge in [0, 0.05) is 12.8 Å². The normalized spacial score (nSPS) is 13.4. The lowest BCUT2D eigenvalue weighted by Crippen LogP contribution is -2.47. The largest absolute Gasteiger partial charge is 0.756 e. The number of quaternary nitrogens is 1. The van der Waals surface area contributed by atoms with Crippen molar-refractivity contribution in [2.75, 3.05) is 40.9 Å². The van der Waals surface area contributed by atoms with Gasteiger partial charge < -0.3 is 28.5 Å². The summed E-state index contributed by atoms with van der Waals surface area (Å²) in [5.74, 6) is -0.509. The van der Waals surface area contributed by atoms with Gasteiger partial charge in [0.15, 0.2) is 0 Å². The van der Waals surface area contributed by atoms with E-state index in [1.165, 1.54) is 315 Å². The van der Waals surface area contributed by atoms with Gasteiger partial charge in [-0.1, -0.05) is 374 Å². The van der Waals surface area contributed by atoms with Crippen molar-refractivity contribution in [3.63, 3.8) is 0 Å². The predicted molar refractivity (Wildman–Crippen MR) is 367 cm³/mol. The summed E-state index contributed by atoms with van der Waals surface area (Å²) >= 11 is 0. The molecule has 9 nitrogen and oxygen atoms in total. The first-order chi connectivity index (χ1) is 41.4. The van der Waals surface area contributed by atoms with Crippen LogP contribution in [0.1, 0.15) is 406 Å². The number of ether oxygens (including phenoxy) is 1. The molecular weight excluding hydrogens is 1070 g/mol. The summed E-state index contributed by atoms with van der Waals surface area (Å²) < 4.78 is 30.5. The second-order valence-electron chi connectivity index (χ2n) is 27.5. The van der Waals surface area contributed by atoms with Gasteiger partial charge in [0.1, 0.15) is 19.3 Å². The van der Waals surface area contributed by atoms with Gasteiger partial charge >= 0.3 is 5.97 Å². The molecule has 0 saturated carbocycles. The Morgan fingerprint density at radius 1 is 0.400 bits per heavy atom. The van der Waals surface area contributed by atoms with Crippen molar-refractivity contribution in [2.24, 2.45) is 0 Å². The molecule has 0 rings (SSSR count). The van der Waals surface area contributed by atoms with Gasteiger partial charge in [-0.3, -0.25) is 14.2 Å². The van der Waals surface area contributed by atoms with Crippen LogP contribution >= 0.6 is 7.82 Å². The van der Waals surface area contributed by atoms with Crippen LogP contribution in [0.15, 0.2) is 12.2 Å². The minimum Gasteiger partial charge on any atom is -0.756 e. The highest BCUT2D eigenvalue weighted by Gasteiger charge is 2.27. The van der Waals surface area contributed by atoms with Crippen molar-refractivity contribution in [2.45, 2.75) is 418 Å². The molecule has 506 valence electrons. The SMILES string of the molecule is CCCCCCCCCCCCC/C=C/C(OC(=O)CCCCCCCCCCCCCCCCCCCCCCCCC)C(COP(=O)([O-])OCC[N+](C)(C)C)NC(=O)CCCCCCCCCCCCCCCCCCCCCCCCC. The smallest absolute Gasteiger partial charge is 0.306 e. The molecule has 0 heterocycles. The maximum Gasteiger partial charge on any atom is 0.306 e. The summed E-state index contributed by atoms with van der Waals surface area (Å²) in [6.07, 6.45) is 79.2. The molecule has 0 aliphatic carbocycles. The van der Waals surface area contributed by atoms with Crippen LogP contribution in [0, 0.1) is 0 Å². The topological polar surface area (TPSA) is 114 Å². The molecule has 0 aromatic carbocycles. The number of hydrogen-bond donors (Lipinski definition) is 1. The van der Waals surface area contributed by atoms with Crippen LogP contribution in [0.25, 0.3) is 0 Å². The first kappa shape index (κ1) is 83.8. The highest BCUT2D eigenvalue weighted by molar-refractivity contribution is 7.45. The minimum atomic E-state index is -4.70. The minimum absolute atomic E-state index is 0.0162. The van der Waals surface area contributed by atoms with E-state index in [1.807, 2.05) is 33.3 Å². The third-order valence-corrected chi connectivity index (χ3v) is 18.7. The van der Waals surface area contributed by atoms with E-state index in [9.17, 15) is 19.0 Å². The molecule has 3 atom stereocenters. The quantitative estimate of drug-likeness (QED) is 0.0212. The van der Waals surface area contributed by atoms with E-state index in [-0.39, 0.29) is 31.5 Å². The Morgan fingerprint density at radius 3 is 0.965 bits per heavy atom. The number of allylic oxidation sites excluding steroid dienone is 1. The molecular formula is C75H149N2O7P. The molecule has 0 aliphatic rings. The molecule has 3 unspecified atom stereocenters. The molecule has 0 aromatic heterocycles. The molecule has 0 aliphatic heterocycles. The number of hydrogen-bond acceptors (Lipinski definition) is 7. The van der Waals surface area contributed by atoms with Crippen molar-refractivity contribution >= 4 is 19.7 Å². The number of phosphoric ester groups is 1. The van der Waals surface area contributed by atoms with E-state index in [0.717, 1.165) is 57.8 Å². The van der Waals surface area contributed by atoms with Crippen molar-refractivity contribution in [3.05, 3.63) is 12.2 Å². The summed E-state index contributed by atoms with van der Waals surface area (Å²) in [6.45, 7) is 6.94. The average Bonchev–Trinajstić information content (AvgIpc) is 3.50. The van der Waals surface area contributed by atoms with Crippen LogP contribution in [0.4, 0.5) is 0 Å². The fraction of sp³-hybridized carbons (Fsp3) is 0.947. The summed E-state index contributed by atoms with van der Waals surface area (Å²) in [5.41, 5.74) is 0. The van der Waals surface area contributed by atoms with E-state index in [4.69, 9.17) is 13.8 Å². The van der Waals surface area contributed by atoms with Crippen molar-refractivity contribution in [1.29, 1.82) is 0 Å². The van der Waals surface area contributed by atoms with Gasteiger partial charge in [0.25, 0.3) is 7.82 Å². The zero-order valence-electron chi connectivity index (χ0n) is 58.1. The first-order valence-corrected chi connectivity index (χ1v) is 39.5. The molecule has 0 spiro atoms. The van der Waals surface area contributed by atoms with Crippen molar-refractivity contribution in [3.8, 4) is 0 Å². The number of nitrogens with one attached hydrogen (secondary N) is 1. The number of likely N-dealkylation sites (N-methyl/N-ethyl adjacent to an activating group) is 1. The first-order valence-electron chi connectivity index (χ1n) is 38.0. The maximum atomic E-state index is 13.6. The van der Waals surface area contributed by atoms with Crippen LogP contribution in [0.2, 0.25) is 0 Å². The third kappa shape index (κ3) is 67.0. The standard InChI is InChI=1S/C75H149N2O7P/c1-7-10-13-16-19-22-25-28-30-32-34-36-38-40-42-44-46-49-52-55-58-61-64-67-74(78)76-72(71-83-85(80,81)82-70-69-77(4,5)6)73(66-63-60-57-54-51-48-27-24-21-18-15-12-9-3)84-75(79)68-65-62-59-56-53-50-47-45-43-41-39-37-35-33-31-29-26-23-20-17-14-11-8-2/h63,66,72-73H,7-62,64-65,67-71H2,1-6H3,(H-,76,78,80,81)/b66-63+. The summed E-state index contributed by atoms with van der Waals surface area (Å²) in [6, 6.07) is -0.881. The van der Waals surface area contributed by atoms with E-state index in [2.05, 4.69) is 26.1 Å². The number of carbonyl (C=O) groups excluding carboxylic acids is 2. The number of nitrogens with zero attached hydrogens (tertiary/aromatic N) is 1. The lowest BCUT2D eigenvalue weighted by molar-refractivity contribution is -0.870. The van der Waals surface area contributed by atoms with E-state index in [1.54, 1.807) is 0 Å². The number of unbranched alkanes of at least 4 members (excludes halogenated alkanes) is 55. The molecule has 0 fully saturated rings.